The van der Waals surface area contributed by atoms with Gasteiger partial charge >= 0.3 is 6.18 Å². The van der Waals surface area contributed by atoms with Gasteiger partial charge in [-0.3, -0.25) is 9.98 Å². The van der Waals surface area contributed by atoms with Crippen LogP contribution < -0.4 is 10.6 Å². The summed E-state index contributed by atoms with van der Waals surface area (Å²) < 4.78 is 44.8. The molecule has 174 valence electrons. The van der Waals surface area contributed by atoms with E-state index in [-0.39, 0.29) is 10.0 Å². The number of aromatic nitrogens is 2. The van der Waals surface area contributed by atoms with Crippen LogP contribution in [0.3, 0.4) is 0 Å². The van der Waals surface area contributed by atoms with Crippen molar-refractivity contribution in [3.8, 4) is 16.3 Å². The predicted octanol–water partition coefficient (Wildman–Crippen LogP) is 6.52. The molecule has 2 N–H and O–H groups in total. The second kappa shape index (κ2) is 9.78. The number of pyridine rings is 1. The van der Waals surface area contributed by atoms with E-state index >= 15 is 0 Å². The van der Waals surface area contributed by atoms with Gasteiger partial charge in [-0.05, 0) is 43.3 Å². The van der Waals surface area contributed by atoms with Gasteiger partial charge in [-0.2, -0.15) is 18.3 Å². The van der Waals surface area contributed by atoms with Crippen LogP contribution in [0.5, 0.6) is 5.75 Å². The molecule has 1 atom stereocenters. The maximum atomic E-state index is 12.9. The Morgan fingerprint density at radius 2 is 2.00 bits per heavy atom. The number of hydrogen-bond acceptors (Lipinski definition) is 7. The van der Waals surface area contributed by atoms with E-state index in [1.807, 2.05) is 24.3 Å². The smallest absolute Gasteiger partial charge is 0.434 e. The monoisotopic (exact) mass is 503 g/mol. The summed E-state index contributed by atoms with van der Waals surface area (Å²) in [5, 5.41) is 5.96. The zero-order valence-corrected chi connectivity index (χ0v) is 19.2. The van der Waals surface area contributed by atoms with Gasteiger partial charge in [-0.15, -0.1) is 11.3 Å². The number of para-hydroxylation sites is 1. The van der Waals surface area contributed by atoms with Gasteiger partial charge < -0.3 is 10.6 Å². The molecule has 0 aliphatic heterocycles. The van der Waals surface area contributed by atoms with Gasteiger partial charge in [0.25, 0.3) is 0 Å². The fourth-order valence-corrected chi connectivity index (χ4v) is 4.21. The molecule has 0 aliphatic carbocycles. The van der Waals surface area contributed by atoms with Gasteiger partial charge in [0.1, 0.15) is 22.6 Å². The molecule has 0 amide bonds. The summed E-state index contributed by atoms with van der Waals surface area (Å²) in [6, 6.07) is 14.0. The molecule has 0 bridgehead atoms. The van der Waals surface area contributed by atoms with Crippen LogP contribution in [0.25, 0.3) is 21.5 Å². The Balaban J connectivity index is 1.55. The van der Waals surface area contributed by atoms with E-state index in [1.54, 1.807) is 37.4 Å². The third-order valence-corrected chi connectivity index (χ3v) is 6.00. The number of hydrazone groups is 1. The van der Waals surface area contributed by atoms with Crippen molar-refractivity contribution in [3.63, 3.8) is 0 Å². The molecule has 2 aromatic carbocycles. The van der Waals surface area contributed by atoms with Crippen molar-refractivity contribution in [2.75, 3.05) is 0 Å². The molecule has 0 radical (unpaired) electrons. The first-order valence-corrected chi connectivity index (χ1v) is 11.2. The van der Waals surface area contributed by atoms with Crippen molar-refractivity contribution >= 4 is 51.5 Å². The van der Waals surface area contributed by atoms with Gasteiger partial charge in [0.15, 0.2) is 5.69 Å². The minimum Gasteiger partial charge on any atom is -0.484 e. The number of hydrogen-bond donors (Lipinski definition) is 1. The average molecular weight is 504 g/mol. The lowest BCUT2D eigenvalue weighted by molar-refractivity contribution is -0.140. The molecule has 11 heteroatoms. The third-order valence-electron chi connectivity index (χ3n) is 4.80. The number of fused-ring (bicyclic) bond motifs is 1. The van der Waals surface area contributed by atoms with Gasteiger partial charge in [0.05, 0.1) is 22.4 Å². The molecule has 0 unspecified atom stereocenters. The molecule has 6 nitrogen and oxygen atoms in total. The summed E-state index contributed by atoms with van der Waals surface area (Å²) in [7, 11) is 0. The summed E-state index contributed by atoms with van der Waals surface area (Å²) in [4.78, 5) is 12.3. The van der Waals surface area contributed by atoms with Gasteiger partial charge in [0.2, 0.25) is 0 Å². The Bertz CT molecular complexity index is 1380. The average Bonchev–Trinajstić information content (AvgIpc) is 3.31. The number of nitrogens with zero attached hydrogens (tertiary/aromatic N) is 4. The molecule has 4 rings (SSSR count). The van der Waals surface area contributed by atoms with Gasteiger partial charge in [-0.1, -0.05) is 23.7 Å². The molecule has 2 heterocycles. The Morgan fingerprint density at radius 1 is 1.21 bits per heavy atom. The fraction of sp³-hybridized carbons (Fsp3) is 0.130. The number of benzene rings is 2. The second-order valence-corrected chi connectivity index (χ2v) is 8.36. The van der Waals surface area contributed by atoms with Crippen molar-refractivity contribution in [2.45, 2.75) is 19.2 Å². The first-order chi connectivity index (χ1) is 16.3. The molecule has 0 spiro atoms. The summed E-state index contributed by atoms with van der Waals surface area (Å²) in [6.07, 6.45) is -1.99. The molecule has 34 heavy (non-hydrogen) atoms. The van der Waals surface area contributed by atoms with Crippen molar-refractivity contribution in [3.05, 3.63) is 70.8 Å². The van der Waals surface area contributed by atoms with Crippen LogP contribution in [0, 0.1) is 0 Å². The van der Waals surface area contributed by atoms with Crippen LogP contribution in [0.1, 0.15) is 12.6 Å². The Morgan fingerprint density at radius 3 is 2.74 bits per heavy atom. The molecule has 4 aromatic rings. The van der Waals surface area contributed by atoms with Crippen molar-refractivity contribution in [1.82, 2.24) is 9.97 Å². The summed E-state index contributed by atoms with van der Waals surface area (Å²) in [5.74, 6) is 6.18. The maximum absolute atomic E-state index is 12.9. The van der Waals surface area contributed by atoms with E-state index in [0.29, 0.717) is 22.7 Å². The number of rotatable bonds is 6. The van der Waals surface area contributed by atoms with Gasteiger partial charge in [-0.25, -0.2) is 4.98 Å². The Hall–Kier alpha value is -3.50. The predicted molar refractivity (Wildman–Crippen MR) is 129 cm³/mol. The highest BCUT2D eigenvalue weighted by Gasteiger charge is 2.34. The third kappa shape index (κ3) is 5.18. The summed E-state index contributed by atoms with van der Waals surface area (Å²) >= 11 is 7.05. The first kappa shape index (κ1) is 23.7. The number of nitrogens with two attached hydrogens (primary N) is 1. The largest absolute Gasteiger partial charge is 0.484 e. The molecule has 0 aliphatic rings. The van der Waals surface area contributed by atoms with Crippen LogP contribution in [0.4, 0.5) is 18.9 Å². The highest BCUT2D eigenvalue weighted by Crippen LogP contribution is 2.37. The number of thiazole rings is 1. The van der Waals surface area contributed by atoms with Crippen molar-refractivity contribution in [2.24, 2.45) is 15.9 Å². The molecular weight excluding hydrogens is 487 g/mol. The molecular formula is C23H17ClF3N5OS. The second-order valence-electron chi connectivity index (χ2n) is 7.10. The van der Waals surface area contributed by atoms with Crippen LogP contribution in [-0.2, 0) is 6.18 Å². The van der Waals surface area contributed by atoms with E-state index in [9.17, 15) is 13.2 Å². The van der Waals surface area contributed by atoms with E-state index in [2.05, 4.69) is 20.1 Å². The first-order valence-electron chi connectivity index (χ1n) is 9.91. The van der Waals surface area contributed by atoms with E-state index in [1.165, 1.54) is 6.21 Å². The highest BCUT2D eigenvalue weighted by molar-refractivity contribution is 7.13. The minimum atomic E-state index is -4.53. The number of ether oxygens (including phenoxy) is 1. The highest BCUT2D eigenvalue weighted by atomic mass is 35.5. The fourth-order valence-electron chi connectivity index (χ4n) is 3.09. The van der Waals surface area contributed by atoms with Crippen molar-refractivity contribution < 1.29 is 17.9 Å². The zero-order chi connectivity index (χ0) is 24.3. The Labute approximate surface area is 201 Å². The van der Waals surface area contributed by atoms with E-state index in [0.717, 1.165) is 27.6 Å². The SMILES string of the molecule is C[C@@H](Oc1ccnc2ccccc12)C(C=Nc1ccc(Cl)c(-c2nc(C(F)(F)F)cs2)c1)=NN. The van der Waals surface area contributed by atoms with E-state index < -0.39 is 18.0 Å². The standard InChI is InChI=1S/C23H17ClF3N5OS/c1-13(33-20-8-9-29-18-5-3-2-4-15(18)20)19(32-28)11-30-14-6-7-17(24)16(10-14)22-31-21(12-34-22)23(25,26)27/h2-13H,28H2,1H3/t13-/m1/s1. The number of alkyl halides is 3. The lowest BCUT2D eigenvalue weighted by atomic mass is 10.2. The normalized spacial score (nSPS) is 13.5. The molecule has 0 fully saturated rings. The lowest BCUT2D eigenvalue weighted by Crippen LogP contribution is -2.26. The molecule has 0 saturated heterocycles. The van der Waals surface area contributed by atoms with Crippen molar-refractivity contribution in [1.29, 1.82) is 0 Å². The van der Waals surface area contributed by atoms with Crippen LogP contribution in [0.2, 0.25) is 5.02 Å². The topological polar surface area (TPSA) is 85.8 Å². The minimum absolute atomic E-state index is 0.142. The van der Waals surface area contributed by atoms with Crippen LogP contribution >= 0.6 is 22.9 Å². The quantitative estimate of drug-likeness (QED) is 0.184. The summed E-state index contributed by atoms with van der Waals surface area (Å²) in [6.45, 7) is 1.77. The van der Waals surface area contributed by atoms with Crippen LogP contribution in [-0.4, -0.2) is 28.0 Å². The van der Waals surface area contributed by atoms with Crippen LogP contribution in [0.15, 0.2) is 70.2 Å². The molecule has 0 saturated carbocycles. The van der Waals surface area contributed by atoms with E-state index in [4.69, 9.17) is 22.2 Å². The lowest BCUT2D eigenvalue weighted by Gasteiger charge is -2.15. The summed E-state index contributed by atoms with van der Waals surface area (Å²) in [5.41, 5.74) is 0.953. The van der Waals surface area contributed by atoms with Gasteiger partial charge in [0, 0.05) is 22.5 Å². The maximum Gasteiger partial charge on any atom is 0.434 e. The Kier molecular flexibility index (Phi) is 6.80. The number of halogens is 4. The zero-order valence-electron chi connectivity index (χ0n) is 17.6. The molecule has 2 aromatic heterocycles. The number of aliphatic imine (C=N–C) groups is 1.